The van der Waals surface area contributed by atoms with Gasteiger partial charge in [-0.1, -0.05) is 12.1 Å². The van der Waals surface area contributed by atoms with Crippen LogP contribution in [0.5, 0.6) is 5.75 Å². The van der Waals surface area contributed by atoms with Crippen LogP contribution >= 0.6 is 0 Å². The Morgan fingerprint density at radius 3 is 2.74 bits per heavy atom. The van der Waals surface area contributed by atoms with E-state index in [-0.39, 0.29) is 5.82 Å². The molecule has 0 saturated carbocycles. The molecule has 1 fully saturated rings. The van der Waals surface area contributed by atoms with Gasteiger partial charge in [0.05, 0.1) is 18.4 Å². The number of phenolic OH excluding ortho intramolecular Hbond substituents is 1. The Bertz CT molecular complexity index is 902. The Labute approximate surface area is 158 Å². The van der Waals surface area contributed by atoms with Crippen LogP contribution in [0.25, 0.3) is 0 Å². The molecule has 5 nitrogen and oxygen atoms in total. The Morgan fingerprint density at radius 1 is 1.11 bits per heavy atom. The van der Waals surface area contributed by atoms with Crippen molar-refractivity contribution in [3.05, 3.63) is 77.6 Å². The van der Waals surface area contributed by atoms with Gasteiger partial charge < -0.3 is 5.11 Å². The van der Waals surface area contributed by atoms with Gasteiger partial charge in [-0.05, 0) is 61.7 Å². The predicted octanol–water partition coefficient (Wildman–Crippen LogP) is 3.55. The highest BCUT2D eigenvalue weighted by Gasteiger charge is 2.21. The molecule has 4 rings (SSSR count). The summed E-state index contributed by atoms with van der Waals surface area (Å²) in [6.45, 7) is 3.21. The summed E-state index contributed by atoms with van der Waals surface area (Å²) < 4.78 is 15.5. The molecule has 6 heteroatoms. The fraction of sp³-hybridized carbons (Fsp3) is 0.333. The lowest BCUT2D eigenvalue weighted by molar-refractivity contribution is 0.204. The summed E-state index contributed by atoms with van der Waals surface area (Å²) in [7, 11) is 0. The van der Waals surface area contributed by atoms with Crippen molar-refractivity contribution in [3.63, 3.8) is 0 Å². The lowest BCUT2D eigenvalue weighted by Crippen LogP contribution is -2.32. The summed E-state index contributed by atoms with van der Waals surface area (Å²) in [5, 5.41) is 14.0. The molecule has 0 aliphatic carbocycles. The molecule has 0 amide bonds. The van der Waals surface area contributed by atoms with Gasteiger partial charge >= 0.3 is 0 Å². The van der Waals surface area contributed by atoms with E-state index in [2.05, 4.69) is 21.0 Å². The quantitative estimate of drug-likeness (QED) is 0.750. The van der Waals surface area contributed by atoms with E-state index in [0.29, 0.717) is 23.9 Å². The van der Waals surface area contributed by atoms with E-state index in [9.17, 15) is 9.50 Å². The second kappa shape index (κ2) is 7.88. The molecule has 1 N–H and O–H groups in total. The summed E-state index contributed by atoms with van der Waals surface area (Å²) in [6, 6.07) is 10.6. The third kappa shape index (κ3) is 4.34. The molecule has 0 bridgehead atoms. The van der Waals surface area contributed by atoms with Gasteiger partial charge in [-0.2, -0.15) is 5.10 Å². The van der Waals surface area contributed by atoms with Crippen molar-refractivity contribution in [1.29, 1.82) is 0 Å². The summed E-state index contributed by atoms with van der Waals surface area (Å²) in [4.78, 5) is 6.50. The van der Waals surface area contributed by atoms with E-state index < -0.39 is 0 Å². The van der Waals surface area contributed by atoms with E-state index >= 15 is 0 Å². The molecule has 0 spiro atoms. The number of rotatable bonds is 5. The molecular formula is C21H23FN4O. The highest BCUT2D eigenvalue weighted by atomic mass is 19.1. The number of nitrogens with zero attached hydrogens (tertiary/aromatic N) is 4. The molecule has 0 unspecified atom stereocenters. The lowest BCUT2D eigenvalue weighted by atomic mass is 9.89. The van der Waals surface area contributed by atoms with Gasteiger partial charge in [-0.3, -0.25) is 14.6 Å². The topological polar surface area (TPSA) is 54.2 Å². The van der Waals surface area contributed by atoms with Crippen LogP contribution in [0.1, 0.15) is 35.6 Å². The molecule has 2 aromatic heterocycles. The zero-order valence-electron chi connectivity index (χ0n) is 15.1. The van der Waals surface area contributed by atoms with E-state index in [1.807, 2.05) is 24.5 Å². The van der Waals surface area contributed by atoms with Crippen molar-refractivity contribution in [2.45, 2.75) is 31.8 Å². The second-order valence-electron chi connectivity index (χ2n) is 7.12. The van der Waals surface area contributed by atoms with E-state index in [1.165, 1.54) is 11.6 Å². The first-order valence-electron chi connectivity index (χ1n) is 9.29. The van der Waals surface area contributed by atoms with Crippen molar-refractivity contribution in [2.75, 3.05) is 13.1 Å². The van der Waals surface area contributed by atoms with Gasteiger partial charge in [0, 0.05) is 24.5 Å². The van der Waals surface area contributed by atoms with E-state index in [0.717, 1.165) is 38.0 Å². The molecule has 1 saturated heterocycles. The van der Waals surface area contributed by atoms with Crippen LogP contribution in [0, 0.1) is 5.82 Å². The van der Waals surface area contributed by atoms with Crippen LogP contribution in [0.3, 0.4) is 0 Å². The predicted molar refractivity (Wildman–Crippen MR) is 101 cm³/mol. The molecule has 0 atom stereocenters. The smallest absolute Gasteiger partial charge is 0.146 e. The standard InChI is InChI=1S/C21H23FN4O/c22-20-5-2-8-23-21(20)15-26-14-16(12-24-26)13-25-9-6-17(7-10-25)18-3-1-4-19(27)11-18/h1-5,8,11-12,14,17,27H,6-7,9-10,13,15H2. The van der Waals surface area contributed by atoms with Crippen LogP contribution in [-0.4, -0.2) is 37.9 Å². The maximum absolute atomic E-state index is 13.7. The number of hydrogen-bond acceptors (Lipinski definition) is 4. The molecular weight excluding hydrogens is 343 g/mol. The van der Waals surface area contributed by atoms with E-state index in [1.54, 1.807) is 23.0 Å². The van der Waals surface area contributed by atoms with Crippen molar-refractivity contribution in [1.82, 2.24) is 19.7 Å². The third-order valence-electron chi connectivity index (χ3n) is 5.17. The zero-order valence-corrected chi connectivity index (χ0v) is 15.1. The highest BCUT2D eigenvalue weighted by molar-refractivity contribution is 5.30. The molecule has 140 valence electrons. The van der Waals surface area contributed by atoms with Crippen molar-refractivity contribution in [2.24, 2.45) is 0 Å². The molecule has 1 aliphatic rings. The first-order valence-corrected chi connectivity index (χ1v) is 9.29. The molecule has 1 aliphatic heterocycles. The van der Waals surface area contributed by atoms with Gasteiger partial charge in [0.25, 0.3) is 0 Å². The summed E-state index contributed by atoms with van der Waals surface area (Å²) in [5.74, 6) is 0.540. The average Bonchev–Trinajstić information content (AvgIpc) is 3.11. The number of piperidine rings is 1. The minimum absolute atomic E-state index is 0.302. The number of halogens is 1. The third-order valence-corrected chi connectivity index (χ3v) is 5.17. The molecule has 27 heavy (non-hydrogen) atoms. The van der Waals surface area contributed by atoms with Gasteiger partial charge in [-0.25, -0.2) is 4.39 Å². The first kappa shape index (κ1) is 17.7. The number of hydrogen-bond donors (Lipinski definition) is 1. The highest BCUT2D eigenvalue weighted by Crippen LogP contribution is 2.30. The monoisotopic (exact) mass is 366 g/mol. The van der Waals surface area contributed by atoms with Crippen LogP contribution in [0.4, 0.5) is 4.39 Å². The van der Waals surface area contributed by atoms with E-state index in [4.69, 9.17) is 0 Å². The average molecular weight is 366 g/mol. The molecule has 3 heterocycles. The molecule has 3 aromatic rings. The first-order chi connectivity index (χ1) is 13.2. The number of likely N-dealkylation sites (tertiary alicyclic amines) is 1. The van der Waals surface area contributed by atoms with Crippen molar-refractivity contribution in [3.8, 4) is 5.75 Å². The second-order valence-corrected chi connectivity index (χ2v) is 7.12. The van der Waals surface area contributed by atoms with Gasteiger partial charge in [0.15, 0.2) is 0 Å². The Balaban J connectivity index is 1.32. The number of aromatic nitrogens is 3. The summed E-state index contributed by atoms with van der Waals surface area (Å²) in [5.41, 5.74) is 2.75. The molecule has 1 aromatic carbocycles. The number of aromatic hydroxyl groups is 1. The minimum atomic E-state index is -0.302. The number of benzene rings is 1. The number of pyridine rings is 1. The Hall–Kier alpha value is -2.73. The maximum atomic E-state index is 13.7. The Kier molecular flexibility index (Phi) is 5.16. The van der Waals surface area contributed by atoms with Gasteiger partial charge in [0.1, 0.15) is 11.6 Å². The SMILES string of the molecule is Oc1cccc(C2CCN(Cc3cnn(Cc4ncccc4F)c3)CC2)c1. The summed E-state index contributed by atoms with van der Waals surface area (Å²) >= 11 is 0. The number of phenols is 1. The summed E-state index contributed by atoms with van der Waals surface area (Å²) in [6.07, 6.45) is 7.57. The zero-order chi connectivity index (χ0) is 18.6. The van der Waals surface area contributed by atoms with Crippen molar-refractivity contribution < 1.29 is 9.50 Å². The van der Waals surface area contributed by atoms with Crippen molar-refractivity contribution >= 4 is 0 Å². The Morgan fingerprint density at radius 2 is 1.96 bits per heavy atom. The van der Waals surface area contributed by atoms with Gasteiger partial charge in [-0.15, -0.1) is 0 Å². The lowest BCUT2D eigenvalue weighted by Gasteiger charge is -2.31. The largest absolute Gasteiger partial charge is 0.508 e. The normalized spacial score (nSPS) is 15.9. The fourth-order valence-corrected chi connectivity index (χ4v) is 3.72. The van der Waals surface area contributed by atoms with Crippen LogP contribution in [-0.2, 0) is 13.1 Å². The molecule has 0 radical (unpaired) electrons. The van der Waals surface area contributed by atoms with Crippen LogP contribution < -0.4 is 0 Å². The van der Waals surface area contributed by atoms with Gasteiger partial charge in [0.2, 0.25) is 0 Å². The minimum Gasteiger partial charge on any atom is -0.508 e. The maximum Gasteiger partial charge on any atom is 0.146 e. The van der Waals surface area contributed by atoms with Crippen LogP contribution in [0.2, 0.25) is 0 Å². The van der Waals surface area contributed by atoms with Crippen LogP contribution in [0.15, 0.2) is 55.0 Å². The fourth-order valence-electron chi connectivity index (χ4n) is 3.72.